The third kappa shape index (κ3) is 5.38. The largest absolute Gasteiger partial charge is 0.493 e. The Balaban J connectivity index is 1.96. The maximum Gasteiger partial charge on any atom is 0.274 e. The van der Waals surface area contributed by atoms with E-state index in [-0.39, 0.29) is 5.91 Å². The number of benzene rings is 1. The number of methoxy groups -OCH3 is 2. The SMILES string of the molecule is CCCCCNc1ccc(C(=O)Nc2ccc(OC)c(OC)c2)nc1. The fourth-order valence-electron chi connectivity index (χ4n) is 2.35. The maximum absolute atomic E-state index is 12.3. The van der Waals surface area contributed by atoms with E-state index in [2.05, 4.69) is 22.5 Å². The second-order valence-corrected chi connectivity index (χ2v) is 5.59. The highest BCUT2D eigenvalue weighted by molar-refractivity contribution is 6.03. The molecular formula is C19H25N3O3. The van der Waals surface area contributed by atoms with Crippen molar-refractivity contribution in [3.63, 3.8) is 0 Å². The fraction of sp³-hybridized carbons (Fsp3) is 0.368. The zero-order chi connectivity index (χ0) is 18.1. The highest BCUT2D eigenvalue weighted by atomic mass is 16.5. The van der Waals surface area contributed by atoms with E-state index in [1.807, 2.05) is 6.07 Å². The number of rotatable bonds is 9. The molecule has 0 unspecified atom stereocenters. The second kappa shape index (κ2) is 9.52. The van der Waals surface area contributed by atoms with Crippen LogP contribution in [0.1, 0.15) is 36.7 Å². The van der Waals surface area contributed by atoms with Gasteiger partial charge in [-0.25, -0.2) is 4.98 Å². The molecular weight excluding hydrogens is 318 g/mol. The average molecular weight is 343 g/mol. The number of nitrogens with one attached hydrogen (secondary N) is 2. The van der Waals surface area contributed by atoms with Crippen molar-refractivity contribution in [1.82, 2.24) is 4.98 Å². The zero-order valence-corrected chi connectivity index (χ0v) is 15.0. The highest BCUT2D eigenvalue weighted by Gasteiger charge is 2.10. The molecule has 0 saturated carbocycles. The third-order valence-corrected chi connectivity index (χ3v) is 3.75. The van der Waals surface area contributed by atoms with Crippen molar-refractivity contribution in [2.45, 2.75) is 26.2 Å². The molecule has 0 aliphatic heterocycles. The number of carbonyl (C=O) groups excluding carboxylic acids is 1. The lowest BCUT2D eigenvalue weighted by Gasteiger charge is -2.11. The molecule has 0 atom stereocenters. The van der Waals surface area contributed by atoms with Gasteiger partial charge in [-0.3, -0.25) is 4.79 Å². The van der Waals surface area contributed by atoms with Gasteiger partial charge >= 0.3 is 0 Å². The minimum Gasteiger partial charge on any atom is -0.493 e. The summed E-state index contributed by atoms with van der Waals surface area (Å²) in [5, 5.41) is 6.10. The number of pyridine rings is 1. The summed E-state index contributed by atoms with van der Waals surface area (Å²) < 4.78 is 10.4. The van der Waals surface area contributed by atoms with Gasteiger partial charge in [-0.05, 0) is 30.7 Å². The van der Waals surface area contributed by atoms with Crippen LogP contribution in [0.4, 0.5) is 11.4 Å². The monoisotopic (exact) mass is 343 g/mol. The lowest BCUT2D eigenvalue weighted by atomic mass is 10.2. The summed E-state index contributed by atoms with van der Waals surface area (Å²) in [6.45, 7) is 3.08. The van der Waals surface area contributed by atoms with Crippen LogP contribution in [0, 0.1) is 0 Å². The summed E-state index contributed by atoms with van der Waals surface area (Å²) in [6, 6.07) is 8.77. The number of carbonyl (C=O) groups is 1. The van der Waals surface area contributed by atoms with E-state index in [0.29, 0.717) is 22.9 Å². The number of unbranched alkanes of at least 4 members (excludes halogenated alkanes) is 2. The van der Waals surface area contributed by atoms with Crippen LogP contribution in [0.25, 0.3) is 0 Å². The molecule has 6 heteroatoms. The Labute approximate surface area is 148 Å². The molecule has 1 aromatic heterocycles. The van der Waals surface area contributed by atoms with E-state index < -0.39 is 0 Å². The summed E-state index contributed by atoms with van der Waals surface area (Å²) in [5.74, 6) is 0.891. The molecule has 1 amide bonds. The summed E-state index contributed by atoms with van der Waals surface area (Å²) >= 11 is 0. The van der Waals surface area contributed by atoms with Crippen LogP contribution >= 0.6 is 0 Å². The van der Waals surface area contributed by atoms with Crippen LogP contribution in [0.5, 0.6) is 11.5 Å². The molecule has 0 fully saturated rings. The number of hydrogen-bond acceptors (Lipinski definition) is 5. The first-order valence-electron chi connectivity index (χ1n) is 8.41. The molecule has 134 valence electrons. The van der Waals surface area contributed by atoms with Gasteiger partial charge < -0.3 is 20.1 Å². The smallest absolute Gasteiger partial charge is 0.274 e. The summed E-state index contributed by atoms with van der Waals surface area (Å²) in [5.41, 5.74) is 1.89. The highest BCUT2D eigenvalue weighted by Crippen LogP contribution is 2.29. The molecule has 0 bridgehead atoms. The summed E-state index contributed by atoms with van der Waals surface area (Å²) in [6.07, 6.45) is 5.19. The number of ether oxygens (including phenoxy) is 2. The lowest BCUT2D eigenvalue weighted by Crippen LogP contribution is -2.14. The summed E-state index contributed by atoms with van der Waals surface area (Å²) in [7, 11) is 3.12. The van der Waals surface area contributed by atoms with Gasteiger partial charge in [-0.1, -0.05) is 19.8 Å². The van der Waals surface area contributed by atoms with Crippen LogP contribution in [0.3, 0.4) is 0 Å². The molecule has 0 aliphatic carbocycles. The standard InChI is InChI=1S/C19H25N3O3/c1-4-5-6-11-20-15-7-9-16(21-13-15)19(23)22-14-8-10-17(24-2)18(12-14)25-3/h7-10,12-13,20H,4-6,11H2,1-3H3,(H,22,23). The average Bonchev–Trinajstić information content (AvgIpc) is 2.65. The molecule has 2 N–H and O–H groups in total. The van der Waals surface area contributed by atoms with E-state index in [0.717, 1.165) is 18.7 Å². The Bertz CT molecular complexity index is 687. The van der Waals surface area contributed by atoms with Crippen LogP contribution < -0.4 is 20.1 Å². The number of amides is 1. The Hall–Kier alpha value is -2.76. The summed E-state index contributed by atoms with van der Waals surface area (Å²) in [4.78, 5) is 16.5. The van der Waals surface area contributed by atoms with Crippen LogP contribution in [0.15, 0.2) is 36.5 Å². The van der Waals surface area contributed by atoms with Crippen molar-refractivity contribution >= 4 is 17.3 Å². The van der Waals surface area contributed by atoms with Crippen molar-refractivity contribution in [1.29, 1.82) is 0 Å². The first-order valence-corrected chi connectivity index (χ1v) is 8.41. The van der Waals surface area contributed by atoms with Gasteiger partial charge in [0.15, 0.2) is 11.5 Å². The van der Waals surface area contributed by atoms with E-state index >= 15 is 0 Å². The fourth-order valence-corrected chi connectivity index (χ4v) is 2.35. The quantitative estimate of drug-likeness (QED) is 0.675. The normalized spacial score (nSPS) is 10.2. The molecule has 0 aliphatic rings. The van der Waals surface area contributed by atoms with Crippen LogP contribution in [-0.2, 0) is 0 Å². The third-order valence-electron chi connectivity index (χ3n) is 3.75. The predicted octanol–water partition coefficient (Wildman–Crippen LogP) is 3.95. The zero-order valence-electron chi connectivity index (χ0n) is 15.0. The van der Waals surface area contributed by atoms with Gasteiger partial charge in [0.25, 0.3) is 5.91 Å². The molecule has 1 heterocycles. The van der Waals surface area contributed by atoms with E-state index in [4.69, 9.17) is 9.47 Å². The van der Waals surface area contributed by atoms with E-state index in [1.54, 1.807) is 44.7 Å². The van der Waals surface area contributed by atoms with Gasteiger partial charge in [0, 0.05) is 18.3 Å². The Kier molecular flexibility index (Phi) is 7.07. The van der Waals surface area contributed by atoms with Crippen LogP contribution in [-0.4, -0.2) is 31.7 Å². The van der Waals surface area contributed by atoms with E-state index in [1.165, 1.54) is 12.8 Å². The van der Waals surface area contributed by atoms with Gasteiger partial charge in [0.05, 0.1) is 26.1 Å². The van der Waals surface area contributed by atoms with Crippen LogP contribution in [0.2, 0.25) is 0 Å². The van der Waals surface area contributed by atoms with E-state index in [9.17, 15) is 4.79 Å². The first kappa shape index (κ1) is 18.6. The number of hydrogen-bond donors (Lipinski definition) is 2. The van der Waals surface area contributed by atoms with Gasteiger partial charge in [0.1, 0.15) is 5.69 Å². The molecule has 1 aromatic carbocycles. The topological polar surface area (TPSA) is 72.5 Å². The van der Waals surface area contributed by atoms with Crippen molar-refractivity contribution < 1.29 is 14.3 Å². The molecule has 0 spiro atoms. The molecule has 6 nitrogen and oxygen atoms in total. The minimum absolute atomic E-state index is 0.273. The number of nitrogens with zero attached hydrogens (tertiary/aromatic N) is 1. The number of aromatic nitrogens is 1. The maximum atomic E-state index is 12.3. The van der Waals surface area contributed by atoms with Crippen molar-refractivity contribution in [3.8, 4) is 11.5 Å². The number of anilines is 2. The molecule has 0 saturated heterocycles. The second-order valence-electron chi connectivity index (χ2n) is 5.59. The molecule has 2 aromatic rings. The van der Waals surface area contributed by atoms with Gasteiger partial charge in [0.2, 0.25) is 0 Å². The molecule has 25 heavy (non-hydrogen) atoms. The molecule has 0 radical (unpaired) electrons. The first-order chi connectivity index (χ1) is 12.2. The minimum atomic E-state index is -0.273. The van der Waals surface area contributed by atoms with Crippen molar-refractivity contribution in [2.24, 2.45) is 0 Å². The predicted molar refractivity (Wildman–Crippen MR) is 99.8 cm³/mol. The Morgan fingerprint density at radius 1 is 1.04 bits per heavy atom. The van der Waals surface area contributed by atoms with Crippen molar-refractivity contribution in [2.75, 3.05) is 31.4 Å². The molecule has 2 rings (SSSR count). The lowest BCUT2D eigenvalue weighted by molar-refractivity contribution is 0.102. The Morgan fingerprint density at radius 3 is 2.44 bits per heavy atom. The van der Waals surface area contributed by atoms with Gasteiger partial charge in [-0.15, -0.1) is 0 Å². The van der Waals surface area contributed by atoms with Gasteiger partial charge in [-0.2, -0.15) is 0 Å². The van der Waals surface area contributed by atoms with Crippen molar-refractivity contribution in [3.05, 3.63) is 42.2 Å². The Morgan fingerprint density at radius 2 is 1.80 bits per heavy atom.